The minimum atomic E-state index is -0.434. The fourth-order valence-corrected chi connectivity index (χ4v) is 3.92. The van der Waals surface area contributed by atoms with Crippen molar-refractivity contribution in [2.75, 3.05) is 13.2 Å². The largest absolute Gasteiger partial charge is 0.347 e. The molecule has 4 rings (SSSR count). The van der Waals surface area contributed by atoms with Crippen molar-refractivity contribution in [1.29, 1.82) is 0 Å². The van der Waals surface area contributed by atoms with Crippen LogP contribution >= 0.6 is 0 Å². The summed E-state index contributed by atoms with van der Waals surface area (Å²) in [6.07, 6.45) is 7.96. The first-order chi connectivity index (χ1) is 9.23. The van der Waals surface area contributed by atoms with Crippen LogP contribution in [0.5, 0.6) is 0 Å². The summed E-state index contributed by atoms with van der Waals surface area (Å²) in [5, 5.41) is 0. The Labute approximate surface area is 112 Å². The van der Waals surface area contributed by atoms with Crippen molar-refractivity contribution in [3.05, 3.63) is 41.2 Å². The zero-order valence-corrected chi connectivity index (χ0v) is 10.8. The molecule has 1 unspecified atom stereocenters. The summed E-state index contributed by atoms with van der Waals surface area (Å²) >= 11 is 0. The highest BCUT2D eigenvalue weighted by molar-refractivity contribution is 5.66. The summed E-state index contributed by atoms with van der Waals surface area (Å²) in [7, 11) is 0. The molecule has 1 saturated heterocycles. The number of benzene rings is 1. The monoisotopic (exact) mass is 260 g/mol. The number of fused-ring (bicyclic) bond motifs is 2. The van der Waals surface area contributed by atoms with Gasteiger partial charge in [0.15, 0.2) is 5.79 Å². The van der Waals surface area contributed by atoms with Gasteiger partial charge in [0.25, 0.3) is 0 Å². The Hall–Kier alpha value is -1.19. The van der Waals surface area contributed by atoms with Crippen LogP contribution in [0.3, 0.4) is 0 Å². The van der Waals surface area contributed by atoms with E-state index in [1.165, 1.54) is 6.07 Å². The highest BCUT2D eigenvalue weighted by atomic mass is 19.1. The Bertz CT molecular complexity index is 546. The molecule has 3 aliphatic rings. The Morgan fingerprint density at radius 3 is 2.79 bits per heavy atom. The maximum absolute atomic E-state index is 13.9. The molecule has 2 nitrogen and oxygen atoms in total. The van der Waals surface area contributed by atoms with Crippen LogP contribution in [0, 0.1) is 5.82 Å². The first kappa shape index (κ1) is 11.6. The van der Waals surface area contributed by atoms with E-state index in [0.29, 0.717) is 13.2 Å². The van der Waals surface area contributed by atoms with Crippen molar-refractivity contribution in [2.24, 2.45) is 0 Å². The molecule has 1 aromatic carbocycles. The smallest absolute Gasteiger partial charge is 0.169 e. The van der Waals surface area contributed by atoms with Gasteiger partial charge in [-0.1, -0.05) is 24.3 Å². The lowest BCUT2D eigenvalue weighted by Crippen LogP contribution is -2.43. The second-order valence-corrected chi connectivity index (χ2v) is 5.83. The van der Waals surface area contributed by atoms with Gasteiger partial charge in [-0.05, 0) is 24.5 Å². The van der Waals surface area contributed by atoms with E-state index in [-0.39, 0.29) is 11.2 Å². The van der Waals surface area contributed by atoms with Crippen LogP contribution in [0.25, 0.3) is 6.08 Å². The molecule has 0 N–H and O–H groups in total. The van der Waals surface area contributed by atoms with Gasteiger partial charge >= 0.3 is 0 Å². The topological polar surface area (TPSA) is 18.5 Å². The summed E-state index contributed by atoms with van der Waals surface area (Å²) < 4.78 is 25.6. The van der Waals surface area contributed by atoms with Crippen molar-refractivity contribution in [3.63, 3.8) is 0 Å². The summed E-state index contributed by atoms with van der Waals surface area (Å²) in [5.41, 5.74) is 1.75. The standard InChI is InChI=1S/C16H17FO2/c17-14-4-1-3-13-12(14)5-8-15(13)6-2-7-16(11-15)18-9-10-19-16/h1,3-5,8H,2,6-7,9-11H2. The molecule has 100 valence electrons. The summed E-state index contributed by atoms with van der Waals surface area (Å²) in [6, 6.07) is 5.39. The average molecular weight is 260 g/mol. The van der Waals surface area contributed by atoms with Crippen molar-refractivity contribution in [1.82, 2.24) is 0 Å². The lowest BCUT2D eigenvalue weighted by atomic mass is 9.68. The Morgan fingerprint density at radius 1 is 1.11 bits per heavy atom. The van der Waals surface area contributed by atoms with Crippen molar-refractivity contribution in [2.45, 2.75) is 36.9 Å². The number of hydrogen-bond acceptors (Lipinski definition) is 2. The summed E-state index contributed by atoms with van der Waals surface area (Å²) in [4.78, 5) is 0. The van der Waals surface area contributed by atoms with E-state index in [9.17, 15) is 4.39 Å². The van der Waals surface area contributed by atoms with E-state index in [4.69, 9.17) is 9.47 Å². The van der Waals surface area contributed by atoms with E-state index >= 15 is 0 Å². The predicted molar refractivity (Wildman–Crippen MR) is 70.2 cm³/mol. The molecule has 19 heavy (non-hydrogen) atoms. The van der Waals surface area contributed by atoms with Gasteiger partial charge in [-0.15, -0.1) is 0 Å². The normalized spacial score (nSPS) is 31.2. The zero-order valence-electron chi connectivity index (χ0n) is 10.8. The van der Waals surface area contributed by atoms with Crippen molar-refractivity contribution < 1.29 is 13.9 Å². The van der Waals surface area contributed by atoms with Crippen LogP contribution in [0.15, 0.2) is 24.3 Å². The minimum Gasteiger partial charge on any atom is -0.347 e. The third kappa shape index (κ3) is 1.61. The van der Waals surface area contributed by atoms with Gasteiger partial charge in [0.05, 0.1) is 13.2 Å². The molecule has 0 amide bonds. The molecule has 2 fully saturated rings. The van der Waals surface area contributed by atoms with Crippen LogP contribution < -0.4 is 0 Å². The molecular weight excluding hydrogens is 243 g/mol. The fraction of sp³-hybridized carbons (Fsp3) is 0.500. The van der Waals surface area contributed by atoms with Gasteiger partial charge in [-0.2, -0.15) is 0 Å². The van der Waals surface area contributed by atoms with E-state index in [0.717, 1.165) is 36.8 Å². The first-order valence-corrected chi connectivity index (χ1v) is 6.99. The Morgan fingerprint density at radius 2 is 1.95 bits per heavy atom. The van der Waals surface area contributed by atoms with Crippen molar-refractivity contribution in [3.8, 4) is 0 Å². The number of halogens is 1. The second kappa shape index (κ2) is 3.90. The van der Waals surface area contributed by atoms with Crippen LogP contribution in [0.2, 0.25) is 0 Å². The Kier molecular flexibility index (Phi) is 2.39. The van der Waals surface area contributed by atoms with Gasteiger partial charge in [0.2, 0.25) is 0 Å². The van der Waals surface area contributed by atoms with Crippen LogP contribution in [0.1, 0.15) is 36.8 Å². The first-order valence-electron chi connectivity index (χ1n) is 6.99. The minimum absolute atomic E-state index is 0.0972. The van der Waals surface area contributed by atoms with E-state index < -0.39 is 5.79 Å². The fourth-order valence-electron chi connectivity index (χ4n) is 3.92. The molecule has 1 heterocycles. The molecular formula is C16H17FO2. The number of hydrogen-bond donors (Lipinski definition) is 0. The quantitative estimate of drug-likeness (QED) is 0.711. The predicted octanol–water partition coefficient (Wildman–Crippen LogP) is 3.41. The molecule has 1 saturated carbocycles. The number of rotatable bonds is 0. The average Bonchev–Trinajstić information content (AvgIpc) is 2.98. The van der Waals surface area contributed by atoms with E-state index in [1.807, 2.05) is 12.1 Å². The van der Waals surface area contributed by atoms with Gasteiger partial charge < -0.3 is 9.47 Å². The second-order valence-electron chi connectivity index (χ2n) is 5.83. The molecule has 2 aliphatic carbocycles. The molecule has 1 aromatic rings. The maximum atomic E-state index is 13.9. The van der Waals surface area contributed by atoms with E-state index in [2.05, 4.69) is 6.08 Å². The Balaban J connectivity index is 1.77. The lowest BCUT2D eigenvalue weighted by molar-refractivity contribution is -0.187. The molecule has 1 atom stereocenters. The number of allylic oxidation sites excluding steroid dienone is 1. The van der Waals surface area contributed by atoms with Gasteiger partial charge in [0, 0.05) is 23.8 Å². The van der Waals surface area contributed by atoms with Gasteiger partial charge in [-0.3, -0.25) is 0 Å². The number of ether oxygens (including phenoxy) is 2. The molecule has 2 spiro atoms. The molecule has 0 radical (unpaired) electrons. The van der Waals surface area contributed by atoms with E-state index in [1.54, 1.807) is 6.07 Å². The SMILES string of the molecule is Fc1cccc2c1C=CC21CCCC2(C1)OCCO2. The molecule has 3 heteroatoms. The highest BCUT2D eigenvalue weighted by Gasteiger charge is 2.50. The molecule has 1 aliphatic heterocycles. The lowest BCUT2D eigenvalue weighted by Gasteiger charge is -2.42. The maximum Gasteiger partial charge on any atom is 0.169 e. The van der Waals surface area contributed by atoms with Gasteiger partial charge in [-0.25, -0.2) is 4.39 Å². The third-order valence-electron chi connectivity index (χ3n) is 4.74. The summed E-state index contributed by atoms with van der Waals surface area (Å²) in [6.45, 7) is 1.35. The molecule has 0 aromatic heterocycles. The highest BCUT2D eigenvalue weighted by Crippen LogP contribution is 2.52. The molecule has 0 bridgehead atoms. The van der Waals surface area contributed by atoms with Gasteiger partial charge in [0.1, 0.15) is 5.82 Å². The third-order valence-corrected chi connectivity index (χ3v) is 4.74. The zero-order chi connectivity index (χ0) is 12.9. The summed E-state index contributed by atoms with van der Waals surface area (Å²) in [5.74, 6) is -0.560. The van der Waals surface area contributed by atoms with Crippen LogP contribution in [0.4, 0.5) is 4.39 Å². The van der Waals surface area contributed by atoms with Crippen molar-refractivity contribution >= 4 is 6.08 Å². The van der Waals surface area contributed by atoms with Crippen LogP contribution in [-0.2, 0) is 14.9 Å². The van der Waals surface area contributed by atoms with Crippen LogP contribution in [-0.4, -0.2) is 19.0 Å².